The van der Waals surface area contributed by atoms with Crippen molar-refractivity contribution in [3.8, 4) is 0 Å². The van der Waals surface area contributed by atoms with E-state index in [0.717, 1.165) is 19.3 Å². The first kappa shape index (κ1) is 24.6. The number of piperidine rings is 1. The standard InChI is InChI=1S/C24H31N3O5S/c1-24(2,3)32-23(29)25-17-20-11-7-8-16-27(20)22(28)18-12-14-21(15-13-18)33(30,31)26-19-9-5-4-6-10-19/h4-6,9-10,12-15,20,26H,7-8,11,16-17H2,1-3H3,(H,25,29). The van der Waals surface area contributed by atoms with Gasteiger partial charge in [0.15, 0.2) is 0 Å². The number of likely N-dealkylation sites (tertiary alicyclic amines) is 1. The molecule has 0 aliphatic carbocycles. The molecule has 2 aromatic rings. The lowest BCUT2D eigenvalue weighted by molar-refractivity contribution is 0.0462. The Hall–Kier alpha value is -3.07. The molecule has 1 saturated heterocycles. The first-order valence-corrected chi connectivity index (χ1v) is 12.5. The minimum atomic E-state index is -3.76. The second-order valence-electron chi connectivity index (χ2n) is 9.03. The Morgan fingerprint density at radius 2 is 1.70 bits per heavy atom. The van der Waals surface area contributed by atoms with E-state index in [0.29, 0.717) is 24.3 Å². The number of para-hydroxylation sites is 1. The number of hydrogen-bond donors (Lipinski definition) is 2. The maximum atomic E-state index is 13.2. The van der Waals surface area contributed by atoms with Crippen LogP contribution < -0.4 is 10.0 Å². The molecule has 0 bridgehead atoms. The van der Waals surface area contributed by atoms with Crippen molar-refractivity contribution >= 4 is 27.7 Å². The van der Waals surface area contributed by atoms with Crippen LogP contribution in [-0.4, -0.2) is 50.1 Å². The quantitative estimate of drug-likeness (QED) is 0.660. The van der Waals surface area contributed by atoms with Crippen molar-refractivity contribution in [3.63, 3.8) is 0 Å². The van der Waals surface area contributed by atoms with Crippen LogP contribution in [0.15, 0.2) is 59.5 Å². The fourth-order valence-corrected chi connectivity index (χ4v) is 4.72. The van der Waals surface area contributed by atoms with Gasteiger partial charge < -0.3 is 15.0 Å². The van der Waals surface area contributed by atoms with Crippen molar-refractivity contribution in [2.24, 2.45) is 0 Å². The van der Waals surface area contributed by atoms with Crippen LogP contribution in [0.3, 0.4) is 0 Å². The molecular formula is C24H31N3O5S. The van der Waals surface area contributed by atoms with Gasteiger partial charge in [0.05, 0.1) is 4.90 Å². The van der Waals surface area contributed by atoms with Crippen LogP contribution in [0, 0.1) is 0 Å². The fourth-order valence-electron chi connectivity index (χ4n) is 3.66. The minimum Gasteiger partial charge on any atom is -0.444 e. The normalized spacial score (nSPS) is 16.7. The van der Waals surface area contributed by atoms with Gasteiger partial charge in [-0.2, -0.15) is 0 Å². The number of carbonyl (C=O) groups is 2. The maximum Gasteiger partial charge on any atom is 0.407 e. The molecule has 0 spiro atoms. The molecule has 1 unspecified atom stereocenters. The Morgan fingerprint density at radius 3 is 2.33 bits per heavy atom. The number of carbonyl (C=O) groups excluding carboxylic acids is 2. The predicted molar refractivity (Wildman–Crippen MR) is 127 cm³/mol. The number of sulfonamides is 1. The Morgan fingerprint density at radius 1 is 1.03 bits per heavy atom. The number of anilines is 1. The van der Waals surface area contributed by atoms with Crippen LogP contribution in [0.25, 0.3) is 0 Å². The Balaban J connectivity index is 1.66. The zero-order chi connectivity index (χ0) is 24.1. The molecule has 1 fully saturated rings. The summed E-state index contributed by atoms with van der Waals surface area (Å²) in [5.74, 6) is -0.189. The van der Waals surface area contributed by atoms with Crippen molar-refractivity contribution in [1.29, 1.82) is 0 Å². The van der Waals surface area contributed by atoms with Gasteiger partial charge in [0, 0.05) is 30.4 Å². The molecule has 178 valence electrons. The van der Waals surface area contributed by atoms with Crippen molar-refractivity contribution in [1.82, 2.24) is 10.2 Å². The minimum absolute atomic E-state index is 0.0738. The Bertz CT molecular complexity index is 1060. The number of ether oxygens (including phenoxy) is 1. The van der Waals surface area contributed by atoms with Gasteiger partial charge in [0.2, 0.25) is 0 Å². The summed E-state index contributed by atoms with van der Waals surface area (Å²) in [6.45, 7) is 6.26. The third-order valence-corrected chi connectivity index (χ3v) is 6.60. The number of nitrogens with one attached hydrogen (secondary N) is 2. The zero-order valence-electron chi connectivity index (χ0n) is 19.2. The van der Waals surface area contributed by atoms with Crippen LogP contribution in [0.1, 0.15) is 50.4 Å². The van der Waals surface area contributed by atoms with E-state index in [4.69, 9.17) is 4.74 Å². The molecule has 0 saturated carbocycles. The first-order valence-electron chi connectivity index (χ1n) is 11.0. The third kappa shape index (κ3) is 6.95. The van der Waals surface area contributed by atoms with Crippen molar-refractivity contribution in [3.05, 3.63) is 60.2 Å². The third-order valence-electron chi connectivity index (χ3n) is 5.21. The molecule has 33 heavy (non-hydrogen) atoms. The Kier molecular flexibility index (Phi) is 7.63. The molecule has 2 aromatic carbocycles. The highest BCUT2D eigenvalue weighted by atomic mass is 32.2. The molecule has 9 heteroatoms. The van der Waals surface area contributed by atoms with Gasteiger partial charge >= 0.3 is 6.09 Å². The lowest BCUT2D eigenvalue weighted by Crippen LogP contribution is -2.50. The number of hydrogen-bond acceptors (Lipinski definition) is 5. The highest BCUT2D eigenvalue weighted by molar-refractivity contribution is 7.92. The average molecular weight is 474 g/mol. The van der Waals surface area contributed by atoms with Crippen LogP contribution in [0.2, 0.25) is 0 Å². The van der Waals surface area contributed by atoms with Crippen LogP contribution in [0.5, 0.6) is 0 Å². The zero-order valence-corrected chi connectivity index (χ0v) is 20.0. The van der Waals surface area contributed by atoms with E-state index in [1.807, 2.05) is 0 Å². The van der Waals surface area contributed by atoms with E-state index in [1.54, 1.807) is 56.0 Å². The summed E-state index contributed by atoms with van der Waals surface area (Å²) in [5.41, 5.74) is 0.271. The predicted octanol–water partition coefficient (Wildman–Crippen LogP) is 4.01. The molecule has 8 nitrogen and oxygen atoms in total. The van der Waals surface area contributed by atoms with E-state index in [9.17, 15) is 18.0 Å². The second-order valence-corrected chi connectivity index (χ2v) is 10.7. The topological polar surface area (TPSA) is 105 Å². The SMILES string of the molecule is CC(C)(C)OC(=O)NCC1CCCCN1C(=O)c1ccc(S(=O)(=O)Nc2ccccc2)cc1. The summed E-state index contributed by atoms with van der Waals surface area (Å²) in [5, 5.41) is 2.75. The monoisotopic (exact) mass is 473 g/mol. The molecule has 1 aliphatic rings. The largest absolute Gasteiger partial charge is 0.444 e. The summed E-state index contributed by atoms with van der Waals surface area (Å²) in [6.07, 6.45) is 2.10. The van der Waals surface area contributed by atoms with Gasteiger partial charge in [-0.25, -0.2) is 13.2 Å². The summed E-state index contributed by atoms with van der Waals surface area (Å²) < 4.78 is 33.1. The molecular weight excluding hydrogens is 442 g/mol. The van der Waals surface area contributed by atoms with E-state index < -0.39 is 21.7 Å². The molecule has 1 atom stereocenters. The van der Waals surface area contributed by atoms with E-state index >= 15 is 0 Å². The Labute approximate surface area is 195 Å². The van der Waals surface area contributed by atoms with Crippen molar-refractivity contribution in [2.75, 3.05) is 17.8 Å². The van der Waals surface area contributed by atoms with E-state index in [1.165, 1.54) is 24.3 Å². The molecule has 2 N–H and O–H groups in total. The first-order chi connectivity index (χ1) is 15.5. The number of nitrogens with zero attached hydrogens (tertiary/aromatic N) is 1. The lowest BCUT2D eigenvalue weighted by atomic mass is 10.0. The van der Waals surface area contributed by atoms with Gasteiger partial charge in [-0.3, -0.25) is 9.52 Å². The summed E-state index contributed by atoms with van der Waals surface area (Å²) in [4.78, 5) is 27.0. The fraction of sp³-hybridized carbons (Fsp3) is 0.417. The molecule has 0 radical (unpaired) electrons. The molecule has 1 aliphatic heterocycles. The second kappa shape index (κ2) is 10.2. The molecule has 2 amide bonds. The maximum absolute atomic E-state index is 13.2. The number of benzene rings is 2. The summed E-state index contributed by atoms with van der Waals surface area (Å²) in [6, 6.07) is 14.4. The van der Waals surface area contributed by atoms with Crippen LogP contribution in [-0.2, 0) is 14.8 Å². The number of rotatable bonds is 6. The lowest BCUT2D eigenvalue weighted by Gasteiger charge is -2.36. The van der Waals surface area contributed by atoms with Gasteiger partial charge in [-0.1, -0.05) is 18.2 Å². The number of alkyl carbamates (subject to hydrolysis) is 1. The van der Waals surface area contributed by atoms with Gasteiger partial charge in [-0.15, -0.1) is 0 Å². The summed E-state index contributed by atoms with van der Waals surface area (Å²) >= 11 is 0. The van der Waals surface area contributed by atoms with Crippen LogP contribution >= 0.6 is 0 Å². The van der Waals surface area contributed by atoms with Crippen molar-refractivity contribution in [2.45, 2.75) is 56.6 Å². The van der Waals surface area contributed by atoms with E-state index in [-0.39, 0.29) is 16.8 Å². The molecule has 1 heterocycles. The molecule has 3 rings (SSSR count). The smallest absolute Gasteiger partial charge is 0.407 e. The number of amides is 2. The van der Waals surface area contributed by atoms with Gasteiger partial charge in [-0.05, 0) is 76.4 Å². The van der Waals surface area contributed by atoms with Gasteiger partial charge in [0.25, 0.3) is 15.9 Å². The summed E-state index contributed by atoms with van der Waals surface area (Å²) in [7, 11) is -3.76. The van der Waals surface area contributed by atoms with Crippen LogP contribution in [0.4, 0.5) is 10.5 Å². The van der Waals surface area contributed by atoms with Crippen molar-refractivity contribution < 1.29 is 22.7 Å². The van der Waals surface area contributed by atoms with E-state index in [2.05, 4.69) is 10.0 Å². The molecule has 0 aromatic heterocycles. The average Bonchev–Trinajstić information content (AvgIpc) is 2.77. The highest BCUT2D eigenvalue weighted by Crippen LogP contribution is 2.21. The van der Waals surface area contributed by atoms with Gasteiger partial charge in [0.1, 0.15) is 5.60 Å². The highest BCUT2D eigenvalue weighted by Gasteiger charge is 2.29.